The fourth-order valence-electron chi connectivity index (χ4n) is 3.22. The van der Waals surface area contributed by atoms with Crippen LogP contribution in [0.15, 0.2) is 62.4 Å². The minimum Gasteiger partial charge on any atom is -0.323 e. The molecule has 0 radical (unpaired) electrons. The van der Waals surface area contributed by atoms with Crippen LogP contribution in [0.1, 0.15) is 0 Å². The van der Waals surface area contributed by atoms with E-state index in [1.54, 1.807) is 18.2 Å². The summed E-state index contributed by atoms with van der Waals surface area (Å²) in [5.41, 5.74) is 0.550. The molecule has 1 aliphatic rings. The number of nitrogens with zero attached hydrogens (tertiary/aromatic N) is 2. The van der Waals surface area contributed by atoms with Crippen molar-refractivity contribution < 1.29 is 18.1 Å². The first-order valence-electron chi connectivity index (χ1n) is 8.18. The molecule has 29 heavy (non-hydrogen) atoms. The SMILES string of the molecule is O=C(CN1c2cccc3cccc(c23)S1(=O)=O)Nc1c(Br)cc([N+](=O)[O-])cc1Br. The van der Waals surface area contributed by atoms with Gasteiger partial charge in [0.25, 0.3) is 15.7 Å². The van der Waals surface area contributed by atoms with Gasteiger partial charge in [0.15, 0.2) is 0 Å². The molecule has 0 unspecified atom stereocenters. The molecule has 1 amide bonds. The molecule has 0 fully saturated rings. The van der Waals surface area contributed by atoms with Crippen LogP contribution in [0.25, 0.3) is 10.8 Å². The van der Waals surface area contributed by atoms with Gasteiger partial charge >= 0.3 is 0 Å². The normalized spacial score (nSPS) is 14.2. The van der Waals surface area contributed by atoms with Crippen molar-refractivity contribution in [3.63, 3.8) is 0 Å². The van der Waals surface area contributed by atoms with Crippen molar-refractivity contribution in [3.8, 4) is 0 Å². The third-order valence-electron chi connectivity index (χ3n) is 4.47. The summed E-state index contributed by atoms with van der Waals surface area (Å²) in [5, 5.41) is 14.9. The summed E-state index contributed by atoms with van der Waals surface area (Å²) in [7, 11) is -3.86. The number of amides is 1. The van der Waals surface area contributed by atoms with E-state index in [4.69, 9.17) is 0 Å². The van der Waals surface area contributed by atoms with Gasteiger partial charge in [0.1, 0.15) is 6.54 Å². The van der Waals surface area contributed by atoms with Crippen molar-refractivity contribution in [2.24, 2.45) is 0 Å². The smallest absolute Gasteiger partial charge is 0.271 e. The van der Waals surface area contributed by atoms with Gasteiger partial charge in [0.05, 0.1) is 21.2 Å². The Bertz CT molecular complexity index is 1280. The fourth-order valence-corrected chi connectivity index (χ4v) is 6.25. The van der Waals surface area contributed by atoms with Crippen LogP contribution in [0.3, 0.4) is 0 Å². The molecule has 11 heteroatoms. The van der Waals surface area contributed by atoms with Gasteiger partial charge < -0.3 is 5.32 Å². The molecule has 0 aliphatic carbocycles. The minimum absolute atomic E-state index is 0.161. The Morgan fingerprint density at radius 1 is 1.10 bits per heavy atom. The summed E-state index contributed by atoms with van der Waals surface area (Å²) in [6, 6.07) is 12.7. The molecule has 3 aromatic carbocycles. The van der Waals surface area contributed by atoms with E-state index < -0.39 is 27.4 Å². The number of hydrogen-bond donors (Lipinski definition) is 1. The Balaban J connectivity index is 1.65. The second-order valence-electron chi connectivity index (χ2n) is 6.23. The summed E-state index contributed by atoms with van der Waals surface area (Å²) in [6.07, 6.45) is 0. The van der Waals surface area contributed by atoms with Crippen molar-refractivity contribution in [3.05, 3.63) is 67.6 Å². The Morgan fingerprint density at radius 2 is 1.72 bits per heavy atom. The molecule has 1 N–H and O–H groups in total. The van der Waals surface area contributed by atoms with Crippen LogP contribution in [0.4, 0.5) is 17.1 Å². The highest BCUT2D eigenvalue weighted by Gasteiger charge is 2.36. The maximum Gasteiger partial charge on any atom is 0.271 e. The van der Waals surface area contributed by atoms with Gasteiger partial charge in [0.2, 0.25) is 5.91 Å². The number of rotatable bonds is 4. The summed E-state index contributed by atoms with van der Waals surface area (Å²) in [5.74, 6) is -0.589. The molecule has 4 rings (SSSR count). The van der Waals surface area contributed by atoms with E-state index >= 15 is 0 Å². The Hall–Kier alpha value is -2.50. The molecule has 8 nitrogen and oxygen atoms in total. The number of carbonyl (C=O) groups excluding carboxylic acids is 1. The number of nitrogens with one attached hydrogen (secondary N) is 1. The van der Waals surface area contributed by atoms with E-state index in [0.29, 0.717) is 20.0 Å². The fraction of sp³-hybridized carbons (Fsp3) is 0.0556. The first-order valence-corrected chi connectivity index (χ1v) is 11.2. The number of non-ortho nitro benzene ring substituents is 1. The lowest BCUT2D eigenvalue weighted by molar-refractivity contribution is -0.385. The van der Waals surface area contributed by atoms with Crippen LogP contribution in [0, 0.1) is 10.1 Å². The van der Waals surface area contributed by atoms with Crippen LogP contribution in [-0.2, 0) is 14.8 Å². The van der Waals surface area contributed by atoms with Crippen LogP contribution >= 0.6 is 31.9 Å². The highest BCUT2D eigenvalue weighted by atomic mass is 79.9. The van der Waals surface area contributed by atoms with E-state index in [0.717, 1.165) is 9.69 Å². The highest BCUT2D eigenvalue weighted by molar-refractivity contribution is 9.11. The molecular weight excluding hydrogens is 530 g/mol. The zero-order chi connectivity index (χ0) is 20.9. The minimum atomic E-state index is -3.86. The largest absolute Gasteiger partial charge is 0.323 e. The summed E-state index contributed by atoms with van der Waals surface area (Å²) < 4.78 is 27.6. The first-order chi connectivity index (χ1) is 13.7. The third-order valence-corrected chi connectivity index (χ3v) is 7.52. The molecule has 0 saturated carbocycles. The van der Waals surface area contributed by atoms with Crippen molar-refractivity contribution in [1.82, 2.24) is 0 Å². The number of nitro groups is 1. The van der Waals surface area contributed by atoms with Crippen molar-refractivity contribution >= 4 is 75.6 Å². The van der Waals surface area contributed by atoms with Crippen molar-refractivity contribution in [2.75, 3.05) is 16.2 Å². The quantitative estimate of drug-likeness (QED) is 0.389. The molecule has 0 atom stereocenters. The molecule has 0 spiro atoms. The van der Waals surface area contributed by atoms with Gasteiger partial charge in [-0.3, -0.25) is 19.2 Å². The molecule has 0 bridgehead atoms. The van der Waals surface area contributed by atoms with Gasteiger partial charge in [-0.15, -0.1) is 0 Å². The topological polar surface area (TPSA) is 110 Å². The standard InChI is InChI=1S/C18H11Br2N3O5S/c19-12-7-11(23(25)26)8-13(20)18(12)21-16(24)9-22-14-5-1-3-10-4-2-6-15(17(10)14)29(22,27)28/h1-8H,9H2,(H,21,24). The molecule has 0 aromatic heterocycles. The van der Waals surface area contributed by atoms with Crippen LogP contribution in [0.5, 0.6) is 0 Å². The predicted octanol–water partition coefficient (Wildman–Crippen LogP) is 4.42. The summed E-state index contributed by atoms with van der Waals surface area (Å²) in [4.78, 5) is 23.2. The second-order valence-corrected chi connectivity index (χ2v) is 9.77. The van der Waals surface area contributed by atoms with Crippen LogP contribution in [0.2, 0.25) is 0 Å². The van der Waals surface area contributed by atoms with E-state index in [1.165, 1.54) is 18.2 Å². The van der Waals surface area contributed by atoms with Gasteiger partial charge in [-0.1, -0.05) is 24.3 Å². The number of nitro benzene ring substituents is 1. The predicted molar refractivity (Wildman–Crippen MR) is 116 cm³/mol. The summed E-state index contributed by atoms with van der Waals surface area (Å²) in [6.45, 7) is -0.438. The average Bonchev–Trinajstić information content (AvgIpc) is 2.88. The van der Waals surface area contributed by atoms with Crippen molar-refractivity contribution in [1.29, 1.82) is 0 Å². The van der Waals surface area contributed by atoms with Gasteiger partial charge in [-0.2, -0.15) is 0 Å². The number of hydrogen-bond acceptors (Lipinski definition) is 5. The Morgan fingerprint density at radius 3 is 2.34 bits per heavy atom. The monoisotopic (exact) mass is 539 g/mol. The van der Waals surface area contributed by atoms with Gasteiger partial charge in [-0.25, -0.2) is 8.42 Å². The zero-order valence-corrected chi connectivity index (χ0v) is 18.4. The van der Waals surface area contributed by atoms with Gasteiger partial charge in [0, 0.05) is 26.5 Å². The maximum atomic E-state index is 13.0. The number of sulfonamides is 1. The Kier molecular flexibility index (Phi) is 4.83. The number of benzene rings is 3. The molecule has 1 heterocycles. The first kappa shape index (κ1) is 19.8. The maximum absolute atomic E-state index is 13.0. The molecule has 1 aliphatic heterocycles. The third kappa shape index (κ3) is 3.28. The molecular formula is C18H11Br2N3O5S. The highest BCUT2D eigenvalue weighted by Crippen LogP contribution is 2.42. The van der Waals surface area contributed by atoms with E-state index in [9.17, 15) is 23.3 Å². The van der Waals surface area contributed by atoms with Crippen molar-refractivity contribution in [2.45, 2.75) is 4.90 Å². The summed E-state index contributed by atoms with van der Waals surface area (Å²) >= 11 is 6.39. The number of carbonyl (C=O) groups is 1. The number of halogens is 2. The second kappa shape index (κ2) is 7.08. The lowest BCUT2D eigenvalue weighted by atomic mass is 10.1. The van der Waals surface area contributed by atoms with Gasteiger partial charge in [-0.05, 0) is 49.4 Å². The zero-order valence-electron chi connectivity index (χ0n) is 14.4. The average molecular weight is 541 g/mol. The molecule has 148 valence electrons. The van der Waals surface area contributed by atoms with E-state index in [-0.39, 0.29) is 16.3 Å². The molecule has 0 saturated heterocycles. The van der Waals surface area contributed by atoms with Crippen LogP contribution < -0.4 is 9.62 Å². The Labute approximate surface area is 182 Å². The lowest BCUT2D eigenvalue weighted by Crippen LogP contribution is -2.35. The van der Waals surface area contributed by atoms with E-state index in [2.05, 4.69) is 37.2 Å². The van der Waals surface area contributed by atoms with Crippen LogP contribution in [-0.4, -0.2) is 25.8 Å². The lowest BCUT2D eigenvalue weighted by Gasteiger charge is -2.19. The number of anilines is 2. The van der Waals surface area contributed by atoms with E-state index in [1.807, 2.05) is 12.1 Å². The molecule has 3 aromatic rings.